The SMILES string of the molecule is Cc1cccc(CC2CC(=O)NC2=O)c1. The van der Waals surface area contributed by atoms with Crippen LogP contribution in [-0.4, -0.2) is 11.8 Å². The van der Waals surface area contributed by atoms with Crippen LogP contribution in [0.3, 0.4) is 0 Å². The lowest BCUT2D eigenvalue weighted by Crippen LogP contribution is -2.22. The Labute approximate surface area is 88.5 Å². The first kappa shape index (κ1) is 9.90. The largest absolute Gasteiger partial charge is 0.296 e. The average Bonchev–Trinajstić information content (AvgIpc) is 2.45. The van der Waals surface area contributed by atoms with E-state index in [1.807, 2.05) is 25.1 Å². The molecule has 0 aromatic heterocycles. The van der Waals surface area contributed by atoms with Gasteiger partial charge in [-0.25, -0.2) is 0 Å². The standard InChI is InChI=1S/C12H13NO2/c1-8-3-2-4-9(5-8)6-10-7-11(14)13-12(10)15/h2-5,10H,6-7H2,1H3,(H,13,14,15). The smallest absolute Gasteiger partial charge is 0.230 e. The summed E-state index contributed by atoms with van der Waals surface area (Å²) in [6.45, 7) is 2.02. The number of nitrogens with one attached hydrogen (secondary N) is 1. The highest BCUT2D eigenvalue weighted by molar-refractivity contribution is 6.03. The molecule has 78 valence electrons. The number of amides is 2. The van der Waals surface area contributed by atoms with Gasteiger partial charge in [-0.15, -0.1) is 0 Å². The zero-order chi connectivity index (χ0) is 10.8. The van der Waals surface area contributed by atoms with Crippen molar-refractivity contribution < 1.29 is 9.59 Å². The van der Waals surface area contributed by atoms with Gasteiger partial charge in [0.15, 0.2) is 0 Å². The van der Waals surface area contributed by atoms with Gasteiger partial charge < -0.3 is 0 Å². The van der Waals surface area contributed by atoms with Gasteiger partial charge in [0.1, 0.15) is 0 Å². The van der Waals surface area contributed by atoms with Crippen LogP contribution in [0, 0.1) is 12.8 Å². The van der Waals surface area contributed by atoms with Crippen LogP contribution >= 0.6 is 0 Å². The fourth-order valence-corrected chi connectivity index (χ4v) is 1.90. The van der Waals surface area contributed by atoms with Crippen LogP contribution in [0.25, 0.3) is 0 Å². The predicted molar refractivity (Wildman–Crippen MR) is 56.1 cm³/mol. The van der Waals surface area contributed by atoms with Gasteiger partial charge in [-0.05, 0) is 18.9 Å². The van der Waals surface area contributed by atoms with Crippen molar-refractivity contribution in [2.75, 3.05) is 0 Å². The molecule has 1 unspecified atom stereocenters. The van der Waals surface area contributed by atoms with E-state index in [2.05, 4.69) is 11.4 Å². The van der Waals surface area contributed by atoms with Gasteiger partial charge in [0.2, 0.25) is 11.8 Å². The summed E-state index contributed by atoms with van der Waals surface area (Å²) < 4.78 is 0. The maximum atomic E-state index is 11.3. The number of rotatable bonds is 2. The van der Waals surface area contributed by atoms with E-state index in [0.717, 1.165) is 5.56 Å². The van der Waals surface area contributed by atoms with E-state index in [1.165, 1.54) is 5.56 Å². The molecule has 0 spiro atoms. The van der Waals surface area contributed by atoms with Crippen molar-refractivity contribution in [3.05, 3.63) is 35.4 Å². The Morgan fingerprint density at radius 3 is 2.80 bits per heavy atom. The monoisotopic (exact) mass is 203 g/mol. The molecule has 15 heavy (non-hydrogen) atoms. The van der Waals surface area contributed by atoms with Gasteiger partial charge in [0.25, 0.3) is 0 Å². The fraction of sp³-hybridized carbons (Fsp3) is 0.333. The van der Waals surface area contributed by atoms with E-state index < -0.39 is 0 Å². The predicted octanol–water partition coefficient (Wildman–Crippen LogP) is 1.20. The second-order valence-corrected chi connectivity index (χ2v) is 4.01. The number of carbonyl (C=O) groups is 2. The number of benzene rings is 1. The second-order valence-electron chi connectivity index (χ2n) is 4.01. The van der Waals surface area contributed by atoms with Gasteiger partial charge in [-0.2, -0.15) is 0 Å². The van der Waals surface area contributed by atoms with Gasteiger partial charge in [-0.3, -0.25) is 14.9 Å². The van der Waals surface area contributed by atoms with Crippen LogP contribution in [0.2, 0.25) is 0 Å². The van der Waals surface area contributed by atoms with Crippen LogP contribution in [0.5, 0.6) is 0 Å². The first-order chi connectivity index (χ1) is 7.15. The summed E-state index contributed by atoms with van der Waals surface area (Å²) in [7, 11) is 0. The van der Waals surface area contributed by atoms with Gasteiger partial charge in [0.05, 0.1) is 5.92 Å². The number of carbonyl (C=O) groups excluding carboxylic acids is 2. The third-order valence-corrected chi connectivity index (χ3v) is 2.63. The lowest BCUT2D eigenvalue weighted by atomic mass is 9.97. The van der Waals surface area contributed by atoms with Crippen molar-refractivity contribution in [1.82, 2.24) is 5.32 Å². The molecule has 1 saturated heterocycles. The Morgan fingerprint density at radius 2 is 2.20 bits per heavy atom. The molecule has 2 amide bonds. The molecule has 1 aliphatic heterocycles. The van der Waals surface area contributed by atoms with E-state index >= 15 is 0 Å². The number of aryl methyl sites for hydroxylation is 1. The Hall–Kier alpha value is -1.64. The lowest BCUT2D eigenvalue weighted by Gasteiger charge is -2.06. The van der Waals surface area contributed by atoms with Crippen LogP contribution in [0.15, 0.2) is 24.3 Å². The summed E-state index contributed by atoms with van der Waals surface area (Å²) in [5, 5.41) is 2.32. The molecule has 3 heteroatoms. The lowest BCUT2D eigenvalue weighted by molar-refractivity contribution is -0.125. The Balaban J connectivity index is 2.09. The molecular formula is C12H13NO2. The Kier molecular flexibility index (Phi) is 2.54. The molecule has 1 heterocycles. The van der Waals surface area contributed by atoms with Crippen LogP contribution in [-0.2, 0) is 16.0 Å². The van der Waals surface area contributed by atoms with Crippen molar-refractivity contribution >= 4 is 11.8 Å². The van der Waals surface area contributed by atoms with Crippen molar-refractivity contribution in [2.24, 2.45) is 5.92 Å². The minimum atomic E-state index is -0.181. The molecule has 0 radical (unpaired) electrons. The molecule has 1 aliphatic rings. The first-order valence-electron chi connectivity index (χ1n) is 5.04. The van der Waals surface area contributed by atoms with Crippen molar-refractivity contribution in [2.45, 2.75) is 19.8 Å². The van der Waals surface area contributed by atoms with Crippen molar-refractivity contribution in [3.63, 3.8) is 0 Å². The molecule has 3 nitrogen and oxygen atoms in total. The molecule has 1 fully saturated rings. The quantitative estimate of drug-likeness (QED) is 0.734. The number of hydrogen-bond donors (Lipinski definition) is 1. The van der Waals surface area contributed by atoms with E-state index in [9.17, 15) is 9.59 Å². The highest BCUT2D eigenvalue weighted by atomic mass is 16.2. The highest BCUT2D eigenvalue weighted by Gasteiger charge is 2.30. The van der Waals surface area contributed by atoms with Gasteiger partial charge in [0, 0.05) is 6.42 Å². The van der Waals surface area contributed by atoms with E-state index in [-0.39, 0.29) is 17.7 Å². The Bertz CT molecular complexity index is 412. The summed E-state index contributed by atoms with van der Waals surface area (Å²) in [6, 6.07) is 8.03. The Morgan fingerprint density at radius 1 is 1.40 bits per heavy atom. The maximum absolute atomic E-state index is 11.3. The summed E-state index contributed by atoms with van der Waals surface area (Å²) in [5.41, 5.74) is 2.29. The first-order valence-corrected chi connectivity index (χ1v) is 5.04. The summed E-state index contributed by atoms with van der Waals surface area (Å²) in [6.07, 6.45) is 0.978. The zero-order valence-electron chi connectivity index (χ0n) is 8.62. The molecule has 1 N–H and O–H groups in total. The topological polar surface area (TPSA) is 46.2 Å². The fourth-order valence-electron chi connectivity index (χ4n) is 1.90. The molecule has 2 rings (SSSR count). The summed E-state index contributed by atoms with van der Waals surface area (Å²) in [5.74, 6) is -0.474. The normalized spacial score (nSPS) is 20.5. The van der Waals surface area contributed by atoms with E-state index in [1.54, 1.807) is 0 Å². The van der Waals surface area contributed by atoms with Crippen LogP contribution < -0.4 is 5.32 Å². The minimum absolute atomic E-state index is 0.137. The molecule has 1 aromatic carbocycles. The molecule has 1 aromatic rings. The number of hydrogen-bond acceptors (Lipinski definition) is 2. The minimum Gasteiger partial charge on any atom is -0.296 e. The van der Waals surface area contributed by atoms with Crippen LogP contribution in [0.4, 0.5) is 0 Å². The third-order valence-electron chi connectivity index (χ3n) is 2.63. The van der Waals surface area contributed by atoms with E-state index in [0.29, 0.717) is 12.8 Å². The molecular weight excluding hydrogens is 190 g/mol. The van der Waals surface area contributed by atoms with Crippen molar-refractivity contribution in [1.29, 1.82) is 0 Å². The molecule has 1 atom stereocenters. The van der Waals surface area contributed by atoms with Crippen LogP contribution in [0.1, 0.15) is 17.5 Å². The second kappa shape index (κ2) is 3.85. The highest BCUT2D eigenvalue weighted by Crippen LogP contribution is 2.17. The maximum Gasteiger partial charge on any atom is 0.230 e. The van der Waals surface area contributed by atoms with Gasteiger partial charge in [-0.1, -0.05) is 29.8 Å². The van der Waals surface area contributed by atoms with E-state index in [4.69, 9.17) is 0 Å². The zero-order valence-corrected chi connectivity index (χ0v) is 8.62. The third kappa shape index (κ3) is 2.24. The number of imide groups is 1. The molecule has 0 aliphatic carbocycles. The summed E-state index contributed by atoms with van der Waals surface area (Å²) >= 11 is 0. The average molecular weight is 203 g/mol. The molecule has 0 bridgehead atoms. The molecule has 0 saturated carbocycles. The van der Waals surface area contributed by atoms with Gasteiger partial charge >= 0.3 is 0 Å². The van der Waals surface area contributed by atoms with Crippen molar-refractivity contribution in [3.8, 4) is 0 Å². The summed E-state index contributed by atoms with van der Waals surface area (Å²) in [4.78, 5) is 22.3.